The third-order valence-corrected chi connectivity index (χ3v) is 3.47. The van der Waals surface area contributed by atoms with Crippen LogP contribution in [0.1, 0.15) is 33.6 Å². The van der Waals surface area contributed by atoms with Crippen LogP contribution in [0.5, 0.6) is 0 Å². The first-order valence-corrected chi connectivity index (χ1v) is 6.03. The van der Waals surface area contributed by atoms with Crippen molar-refractivity contribution in [3.05, 3.63) is 0 Å². The van der Waals surface area contributed by atoms with Crippen molar-refractivity contribution >= 4 is 0 Å². The first kappa shape index (κ1) is 12.9. The van der Waals surface area contributed by atoms with Crippen LogP contribution in [0.2, 0.25) is 0 Å². The summed E-state index contributed by atoms with van der Waals surface area (Å²) < 4.78 is 5.54. The van der Waals surface area contributed by atoms with Gasteiger partial charge in [0.1, 0.15) is 0 Å². The van der Waals surface area contributed by atoms with Crippen LogP contribution in [0.4, 0.5) is 0 Å². The van der Waals surface area contributed by atoms with E-state index in [1.807, 2.05) is 20.8 Å². The minimum Gasteiger partial charge on any atom is -0.388 e. The van der Waals surface area contributed by atoms with Crippen LogP contribution in [0.25, 0.3) is 0 Å². The predicted molar refractivity (Wildman–Crippen MR) is 61.9 cm³/mol. The van der Waals surface area contributed by atoms with Gasteiger partial charge in [-0.15, -0.1) is 0 Å². The lowest BCUT2D eigenvalue weighted by molar-refractivity contribution is -0.0646. The number of rotatable bonds is 6. The molecule has 0 radical (unpaired) electrons. The van der Waals surface area contributed by atoms with Gasteiger partial charge < -0.3 is 15.2 Å². The van der Waals surface area contributed by atoms with Crippen molar-refractivity contribution in [1.29, 1.82) is 0 Å². The van der Waals surface area contributed by atoms with E-state index in [0.717, 1.165) is 32.0 Å². The quantitative estimate of drug-likeness (QED) is 0.658. The third-order valence-electron chi connectivity index (χ3n) is 3.47. The molecule has 1 saturated heterocycles. The lowest BCUT2D eigenvalue weighted by atomic mass is 9.94. The van der Waals surface area contributed by atoms with Crippen molar-refractivity contribution in [2.75, 3.05) is 26.3 Å². The number of aliphatic hydroxyl groups is 1. The van der Waals surface area contributed by atoms with E-state index >= 15 is 0 Å². The van der Waals surface area contributed by atoms with Crippen LogP contribution in [0.15, 0.2) is 0 Å². The SMILES string of the molecule is CC(C)C(C)(O)COCCC1CCNC1. The molecule has 2 unspecified atom stereocenters. The zero-order valence-electron chi connectivity index (χ0n) is 10.3. The zero-order chi connectivity index (χ0) is 11.3. The molecule has 0 spiro atoms. The molecule has 0 amide bonds. The maximum Gasteiger partial charge on any atom is 0.0874 e. The van der Waals surface area contributed by atoms with Gasteiger partial charge in [-0.3, -0.25) is 0 Å². The van der Waals surface area contributed by atoms with E-state index in [1.165, 1.54) is 6.42 Å². The maximum atomic E-state index is 9.95. The first-order chi connectivity index (χ1) is 7.02. The van der Waals surface area contributed by atoms with Crippen molar-refractivity contribution in [3.63, 3.8) is 0 Å². The van der Waals surface area contributed by atoms with Crippen LogP contribution in [-0.2, 0) is 4.74 Å². The molecule has 2 atom stereocenters. The summed E-state index contributed by atoms with van der Waals surface area (Å²) in [5.74, 6) is 1.01. The fourth-order valence-electron chi connectivity index (χ4n) is 1.66. The Balaban J connectivity index is 2.05. The average molecular weight is 215 g/mol. The molecule has 0 aromatic carbocycles. The molecular formula is C12H25NO2. The molecule has 0 bridgehead atoms. The molecule has 1 aliphatic heterocycles. The Kier molecular flexibility index (Phi) is 5.03. The molecule has 0 saturated carbocycles. The van der Waals surface area contributed by atoms with Gasteiger partial charge in [-0.1, -0.05) is 13.8 Å². The summed E-state index contributed by atoms with van der Waals surface area (Å²) in [5, 5.41) is 13.3. The third kappa shape index (κ3) is 4.49. The molecule has 15 heavy (non-hydrogen) atoms. The standard InChI is InChI=1S/C12H25NO2/c1-10(2)12(3,14)9-15-7-5-11-4-6-13-8-11/h10-11,13-14H,4-9H2,1-3H3. The number of hydrogen-bond donors (Lipinski definition) is 2. The summed E-state index contributed by atoms with van der Waals surface area (Å²) in [7, 11) is 0. The van der Waals surface area contributed by atoms with E-state index in [4.69, 9.17) is 4.74 Å². The van der Waals surface area contributed by atoms with E-state index in [-0.39, 0.29) is 5.92 Å². The minimum absolute atomic E-state index is 0.241. The van der Waals surface area contributed by atoms with Crippen LogP contribution >= 0.6 is 0 Å². The summed E-state index contributed by atoms with van der Waals surface area (Å²) in [5.41, 5.74) is -0.687. The highest BCUT2D eigenvalue weighted by atomic mass is 16.5. The largest absolute Gasteiger partial charge is 0.388 e. The number of hydrogen-bond acceptors (Lipinski definition) is 3. The molecule has 0 aromatic rings. The molecule has 1 fully saturated rings. The Morgan fingerprint density at radius 1 is 1.53 bits per heavy atom. The fourth-order valence-corrected chi connectivity index (χ4v) is 1.66. The van der Waals surface area contributed by atoms with Crippen molar-refractivity contribution in [3.8, 4) is 0 Å². The van der Waals surface area contributed by atoms with Crippen molar-refractivity contribution in [2.24, 2.45) is 11.8 Å². The topological polar surface area (TPSA) is 41.5 Å². The van der Waals surface area contributed by atoms with Gasteiger partial charge >= 0.3 is 0 Å². The van der Waals surface area contributed by atoms with Gasteiger partial charge in [0.05, 0.1) is 12.2 Å². The molecule has 1 aliphatic rings. The fraction of sp³-hybridized carbons (Fsp3) is 1.00. The van der Waals surface area contributed by atoms with E-state index in [1.54, 1.807) is 0 Å². The van der Waals surface area contributed by atoms with Gasteiger partial charge in [0.15, 0.2) is 0 Å². The molecule has 1 heterocycles. The second-order valence-corrected chi connectivity index (χ2v) is 5.21. The average Bonchev–Trinajstić information content (AvgIpc) is 2.64. The Morgan fingerprint density at radius 2 is 2.27 bits per heavy atom. The van der Waals surface area contributed by atoms with Crippen molar-refractivity contribution in [2.45, 2.75) is 39.2 Å². The second kappa shape index (κ2) is 5.83. The van der Waals surface area contributed by atoms with Gasteiger partial charge in [-0.2, -0.15) is 0 Å². The van der Waals surface area contributed by atoms with Gasteiger partial charge in [0, 0.05) is 6.61 Å². The molecular weight excluding hydrogens is 190 g/mol. The van der Waals surface area contributed by atoms with E-state index in [9.17, 15) is 5.11 Å². The minimum atomic E-state index is -0.687. The summed E-state index contributed by atoms with van der Waals surface area (Å²) in [6, 6.07) is 0. The maximum absolute atomic E-state index is 9.95. The van der Waals surface area contributed by atoms with E-state index in [2.05, 4.69) is 5.32 Å². The lowest BCUT2D eigenvalue weighted by Gasteiger charge is -2.27. The normalized spacial score (nSPS) is 25.8. The van der Waals surface area contributed by atoms with Crippen LogP contribution in [0, 0.1) is 11.8 Å². The van der Waals surface area contributed by atoms with Gasteiger partial charge in [-0.25, -0.2) is 0 Å². The highest BCUT2D eigenvalue weighted by Gasteiger charge is 2.25. The first-order valence-electron chi connectivity index (χ1n) is 6.03. The molecule has 2 N–H and O–H groups in total. The smallest absolute Gasteiger partial charge is 0.0874 e. The van der Waals surface area contributed by atoms with Crippen molar-refractivity contribution < 1.29 is 9.84 Å². The molecule has 1 rings (SSSR count). The molecule has 90 valence electrons. The van der Waals surface area contributed by atoms with E-state index < -0.39 is 5.60 Å². The number of ether oxygens (including phenoxy) is 1. The predicted octanol–water partition coefficient (Wildman–Crippen LogP) is 1.41. The van der Waals surface area contributed by atoms with Crippen LogP contribution in [0.3, 0.4) is 0 Å². The Morgan fingerprint density at radius 3 is 2.80 bits per heavy atom. The molecule has 3 nitrogen and oxygen atoms in total. The van der Waals surface area contributed by atoms with Gasteiger partial charge in [0.25, 0.3) is 0 Å². The molecule has 0 aliphatic carbocycles. The lowest BCUT2D eigenvalue weighted by Crippen LogP contribution is -2.36. The van der Waals surface area contributed by atoms with Crippen molar-refractivity contribution in [1.82, 2.24) is 5.32 Å². The monoisotopic (exact) mass is 215 g/mol. The highest BCUT2D eigenvalue weighted by Crippen LogP contribution is 2.17. The highest BCUT2D eigenvalue weighted by molar-refractivity contribution is 4.76. The summed E-state index contributed by atoms with van der Waals surface area (Å²) in [6.45, 7) is 9.38. The Hall–Kier alpha value is -0.120. The van der Waals surface area contributed by atoms with Gasteiger partial charge in [-0.05, 0) is 44.7 Å². The summed E-state index contributed by atoms with van der Waals surface area (Å²) in [6.07, 6.45) is 2.38. The number of nitrogens with one attached hydrogen (secondary N) is 1. The van der Waals surface area contributed by atoms with Gasteiger partial charge in [0.2, 0.25) is 0 Å². The molecule has 0 aromatic heterocycles. The second-order valence-electron chi connectivity index (χ2n) is 5.21. The zero-order valence-corrected chi connectivity index (χ0v) is 10.3. The summed E-state index contributed by atoms with van der Waals surface area (Å²) in [4.78, 5) is 0. The molecule has 3 heteroatoms. The Labute approximate surface area is 93.2 Å². The van der Waals surface area contributed by atoms with E-state index in [0.29, 0.717) is 6.61 Å². The summed E-state index contributed by atoms with van der Waals surface area (Å²) >= 11 is 0. The van der Waals surface area contributed by atoms with Crippen LogP contribution in [-0.4, -0.2) is 37.0 Å². The Bertz CT molecular complexity index is 174. The van der Waals surface area contributed by atoms with Crippen LogP contribution < -0.4 is 5.32 Å².